The number of anilines is 1. The van der Waals surface area contributed by atoms with Crippen molar-refractivity contribution in [1.29, 1.82) is 0 Å². The van der Waals surface area contributed by atoms with Crippen LogP contribution in [0.5, 0.6) is 11.5 Å². The van der Waals surface area contributed by atoms with Gasteiger partial charge in [0.15, 0.2) is 11.5 Å². The number of likely N-dealkylation sites (tertiary alicyclic amines) is 1. The third-order valence-corrected chi connectivity index (χ3v) is 5.83. The molecule has 25 heavy (non-hydrogen) atoms. The highest BCUT2D eigenvalue weighted by Crippen LogP contribution is 2.36. The summed E-state index contributed by atoms with van der Waals surface area (Å²) in [6.45, 7) is 3.14. The van der Waals surface area contributed by atoms with Gasteiger partial charge in [-0.1, -0.05) is 12.8 Å². The maximum atomic E-state index is 13.0. The lowest BCUT2D eigenvalue weighted by Gasteiger charge is -2.29. The van der Waals surface area contributed by atoms with Crippen molar-refractivity contribution >= 4 is 23.1 Å². The SMILES string of the molecule is Cc1ccc([C@H]2CCCCCN2C(=O)Nc2ccc3c(c2)OCO3)s1. The fourth-order valence-electron chi connectivity index (χ4n) is 3.45. The summed E-state index contributed by atoms with van der Waals surface area (Å²) < 4.78 is 10.7. The summed E-state index contributed by atoms with van der Waals surface area (Å²) >= 11 is 1.79. The van der Waals surface area contributed by atoms with Gasteiger partial charge in [-0.25, -0.2) is 4.79 Å². The molecule has 2 aliphatic heterocycles. The molecule has 0 spiro atoms. The van der Waals surface area contributed by atoms with Crippen LogP contribution < -0.4 is 14.8 Å². The number of nitrogens with one attached hydrogen (secondary N) is 1. The number of hydrogen-bond acceptors (Lipinski definition) is 4. The maximum absolute atomic E-state index is 13.0. The third kappa shape index (κ3) is 3.44. The van der Waals surface area contributed by atoms with Crippen molar-refractivity contribution in [3.05, 3.63) is 40.1 Å². The van der Waals surface area contributed by atoms with E-state index in [9.17, 15) is 4.79 Å². The Hall–Kier alpha value is -2.21. The standard InChI is InChI=1S/C19H22N2O3S/c1-13-6-9-18(25-13)15-5-3-2-4-10-21(15)19(22)20-14-7-8-16-17(11-14)24-12-23-16/h6-9,11,15H,2-5,10,12H2,1H3,(H,20,22)/t15-/m1/s1. The smallest absolute Gasteiger partial charge is 0.322 e. The Bertz CT molecular complexity index is 774. The van der Waals surface area contributed by atoms with Gasteiger partial charge < -0.3 is 19.7 Å². The number of amides is 2. The zero-order valence-electron chi connectivity index (χ0n) is 14.3. The second-order valence-corrected chi connectivity index (χ2v) is 7.82. The summed E-state index contributed by atoms with van der Waals surface area (Å²) in [4.78, 5) is 17.5. The number of nitrogens with zero attached hydrogens (tertiary/aromatic N) is 1. The van der Waals surface area contributed by atoms with Gasteiger partial charge in [0.1, 0.15) is 0 Å². The molecule has 2 aromatic rings. The van der Waals surface area contributed by atoms with Crippen LogP contribution in [0.25, 0.3) is 0 Å². The summed E-state index contributed by atoms with van der Waals surface area (Å²) in [6.07, 6.45) is 4.41. The van der Waals surface area contributed by atoms with Crippen molar-refractivity contribution in [2.45, 2.75) is 38.6 Å². The topological polar surface area (TPSA) is 50.8 Å². The number of thiophene rings is 1. The van der Waals surface area contributed by atoms with E-state index < -0.39 is 0 Å². The molecule has 1 aromatic carbocycles. The van der Waals surface area contributed by atoms with Gasteiger partial charge in [0, 0.05) is 28.1 Å². The number of rotatable bonds is 2. The first-order valence-electron chi connectivity index (χ1n) is 8.74. The van der Waals surface area contributed by atoms with Gasteiger partial charge in [-0.15, -0.1) is 11.3 Å². The molecule has 1 saturated heterocycles. The van der Waals surface area contributed by atoms with Crippen LogP contribution in [-0.2, 0) is 0 Å². The van der Waals surface area contributed by atoms with Crippen LogP contribution in [0.4, 0.5) is 10.5 Å². The molecule has 132 valence electrons. The molecule has 0 radical (unpaired) electrons. The minimum absolute atomic E-state index is 0.0446. The molecular weight excluding hydrogens is 336 g/mol. The molecule has 1 N–H and O–H groups in total. The lowest BCUT2D eigenvalue weighted by Crippen LogP contribution is -2.37. The van der Waals surface area contributed by atoms with Crippen molar-refractivity contribution in [2.24, 2.45) is 0 Å². The molecule has 1 aromatic heterocycles. The highest BCUT2D eigenvalue weighted by Gasteiger charge is 2.28. The number of urea groups is 1. The number of fused-ring (bicyclic) bond motifs is 1. The van der Waals surface area contributed by atoms with E-state index in [1.54, 1.807) is 11.3 Å². The fraction of sp³-hybridized carbons (Fsp3) is 0.421. The molecule has 4 rings (SSSR count). The molecule has 1 atom stereocenters. The van der Waals surface area contributed by atoms with E-state index in [-0.39, 0.29) is 18.9 Å². The van der Waals surface area contributed by atoms with Crippen LogP contribution in [0.3, 0.4) is 0 Å². The van der Waals surface area contributed by atoms with Gasteiger partial charge in [-0.3, -0.25) is 0 Å². The van der Waals surface area contributed by atoms with Crippen LogP contribution >= 0.6 is 11.3 Å². The lowest BCUT2D eigenvalue weighted by atomic mass is 10.1. The largest absolute Gasteiger partial charge is 0.454 e. The first kappa shape index (κ1) is 16.3. The molecule has 0 unspecified atom stereocenters. The third-order valence-electron chi connectivity index (χ3n) is 4.73. The van der Waals surface area contributed by atoms with E-state index in [1.807, 2.05) is 23.1 Å². The van der Waals surface area contributed by atoms with E-state index >= 15 is 0 Å². The molecule has 6 heteroatoms. The Morgan fingerprint density at radius 1 is 1.16 bits per heavy atom. The Labute approximate surface area is 151 Å². The molecule has 5 nitrogen and oxygen atoms in total. The van der Waals surface area contributed by atoms with Crippen LogP contribution in [0.1, 0.15) is 41.5 Å². The second kappa shape index (κ2) is 6.96. The van der Waals surface area contributed by atoms with Crippen molar-refractivity contribution in [3.63, 3.8) is 0 Å². The summed E-state index contributed by atoms with van der Waals surface area (Å²) in [6, 6.07) is 9.93. The predicted octanol–water partition coefficient (Wildman–Crippen LogP) is 4.93. The minimum Gasteiger partial charge on any atom is -0.454 e. The van der Waals surface area contributed by atoms with Crippen LogP contribution in [-0.4, -0.2) is 24.3 Å². The summed E-state index contributed by atoms with van der Waals surface area (Å²) in [5.41, 5.74) is 0.736. The number of carbonyl (C=O) groups excluding carboxylic acids is 1. The maximum Gasteiger partial charge on any atom is 0.322 e. The van der Waals surface area contributed by atoms with E-state index in [4.69, 9.17) is 9.47 Å². The average Bonchev–Trinajstić information content (AvgIpc) is 3.16. The first-order valence-corrected chi connectivity index (χ1v) is 9.56. The molecule has 2 amide bonds. The van der Waals surface area contributed by atoms with E-state index in [1.165, 1.54) is 16.2 Å². The molecule has 1 fully saturated rings. The zero-order chi connectivity index (χ0) is 17.2. The van der Waals surface area contributed by atoms with Gasteiger partial charge in [-0.2, -0.15) is 0 Å². The zero-order valence-corrected chi connectivity index (χ0v) is 15.1. The number of ether oxygens (including phenoxy) is 2. The molecular formula is C19H22N2O3S. The number of benzene rings is 1. The summed E-state index contributed by atoms with van der Waals surface area (Å²) in [7, 11) is 0. The van der Waals surface area contributed by atoms with Gasteiger partial charge in [0.25, 0.3) is 0 Å². The molecule has 3 heterocycles. The van der Waals surface area contributed by atoms with E-state index in [2.05, 4.69) is 24.4 Å². The Balaban J connectivity index is 1.53. The van der Waals surface area contributed by atoms with Gasteiger partial charge in [-0.05, 0) is 44.0 Å². The van der Waals surface area contributed by atoms with Crippen molar-refractivity contribution in [2.75, 3.05) is 18.7 Å². The normalized spacial score (nSPS) is 19.6. The summed E-state index contributed by atoms with van der Waals surface area (Å²) in [5, 5.41) is 3.03. The quantitative estimate of drug-likeness (QED) is 0.828. The van der Waals surface area contributed by atoms with Crippen LogP contribution in [0.2, 0.25) is 0 Å². The molecule has 0 saturated carbocycles. The highest BCUT2D eigenvalue weighted by atomic mass is 32.1. The van der Waals surface area contributed by atoms with Crippen molar-refractivity contribution in [3.8, 4) is 11.5 Å². The Kier molecular flexibility index (Phi) is 4.53. The Morgan fingerprint density at radius 2 is 2.04 bits per heavy atom. The second-order valence-electron chi connectivity index (χ2n) is 6.51. The number of hydrogen-bond donors (Lipinski definition) is 1. The number of aryl methyl sites for hydroxylation is 1. The Morgan fingerprint density at radius 3 is 2.88 bits per heavy atom. The lowest BCUT2D eigenvalue weighted by molar-refractivity contribution is 0.174. The van der Waals surface area contributed by atoms with E-state index in [0.29, 0.717) is 5.75 Å². The van der Waals surface area contributed by atoms with E-state index in [0.717, 1.165) is 37.2 Å². The van der Waals surface area contributed by atoms with Gasteiger partial charge in [0.05, 0.1) is 6.04 Å². The molecule has 0 bridgehead atoms. The molecule has 2 aliphatic rings. The highest BCUT2D eigenvalue weighted by molar-refractivity contribution is 7.12. The van der Waals surface area contributed by atoms with Gasteiger partial charge in [0.2, 0.25) is 6.79 Å². The van der Waals surface area contributed by atoms with Crippen molar-refractivity contribution < 1.29 is 14.3 Å². The van der Waals surface area contributed by atoms with Crippen LogP contribution in [0.15, 0.2) is 30.3 Å². The van der Waals surface area contributed by atoms with Gasteiger partial charge >= 0.3 is 6.03 Å². The van der Waals surface area contributed by atoms with Crippen molar-refractivity contribution in [1.82, 2.24) is 4.90 Å². The minimum atomic E-state index is -0.0446. The first-order chi connectivity index (χ1) is 12.2. The van der Waals surface area contributed by atoms with Crippen LogP contribution in [0, 0.1) is 6.92 Å². The predicted molar refractivity (Wildman–Crippen MR) is 98.6 cm³/mol. The average molecular weight is 358 g/mol. The summed E-state index contributed by atoms with van der Waals surface area (Å²) in [5.74, 6) is 1.40. The fourth-order valence-corrected chi connectivity index (χ4v) is 4.47. The molecule has 0 aliphatic carbocycles. The monoisotopic (exact) mass is 358 g/mol. The number of carbonyl (C=O) groups is 1.